The number of hydrogen-bond acceptors (Lipinski definition) is 4. The maximum atomic E-state index is 13.9. The third kappa shape index (κ3) is 4.26. The monoisotopic (exact) mass is 422 g/mol. The Morgan fingerprint density at radius 1 is 1.10 bits per heavy atom. The average Bonchev–Trinajstić information content (AvgIpc) is 2.73. The van der Waals surface area contributed by atoms with Crippen LogP contribution in [0.15, 0.2) is 42.6 Å². The molecule has 1 fully saturated rings. The summed E-state index contributed by atoms with van der Waals surface area (Å²) >= 11 is 6.05. The molecule has 1 aliphatic rings. The molecule has 154 valence electrons. The van der Waals surface area contributed by atoms with Crippen LogP contribution in [0.5, 0.6) is 0 Å². The van der Waals surface area contributed by atoms with Crippen molar-refractivity contribution in [2.75, 3.05) is 19.4 Å². The Morgan fingerprint density at radius 2 is 1.87 bits per heavy atom. The van der Waals surface area contributed by atoms with Gasteiger partial charge in [0.15, 0.2) is 0 Å². The van der Waals surface area contributed by atoms with E-state index in [1.165, 1.54) is 12.1 Å². The van der Waals surface area contributed by atoms with Gasteiger partial charge in [-0.05, 0) is 81.2 Å². The van der Waals surface area contributed by atoms with Crippen LogP contribution < -0.4 is 5.32 Å². The van der Waals surface area contributed by atoms with E-state index in [1.54, 1.807) is 12.3 Å². The standard InChI is InChI=1S/C24H24ClFN4/c1-30(2)21-6-4-20(5-7-21)29-24-17(13-27)14-28-23-8-3-15(11-22(23)24)16-9-18(25)12-19(26)10-16/h3,8-12,14,20-21H,4-7H2,1-2H3,(H,28,29). The first-order valence-electron chi connectivity index (χ1n) is 10.2. The highest BCUT2D eigenvalue weighted by Crippen LogP contribution is 2.34. The van der Waals surface area contributed by atoms with Crippen molar-refractivity contribution in [3.05, 3.63) is 59.0 Å². The third-order valence-corrected chi connectivity index (χ3v) is 6.18. The number of nitrogens with one attached hydrogen (secondary N) is 1. The third-order valence-electron chi connectivity index (χ3n) is 5.96. The molecule has 30 heavy (non-hydrogen) atoms. The molecule has 1 aromatic heterocycles. The summed E-state index contributed by atoms with van der Waals surface area (Å²) in [5, 5.41) is 14.5. The lowest BCUT2D eigenvalue weighted by Crippen LogP contribution is -2.36. The topological polar surface area (TPSA) is 52.0 Å². The number of rotatable bonds is 4. The van der Waals surface area contributed by atoms with Crippen molar-refractivity contribution in [2.45, 2.75) is 37.8 Å². The summed E-state index contributed by atoms with van der Waals surface area (Å²) in [7, 11) is 4.26. The van der Waals surface area contributed by atoms with Gasteiger partial charge in [-0.3, -0.25) is 4.98 Å². The van der Waals surface area contributed by atoms with Crippen molar-refractivity contribution < 1.29 is 4.39 Å². The molecular formula is C24H24ClFN4. The van der Waals surface area contributed by atoms with E-state index in [-0.39, 0.29) is 5.82 Å². The Hall–Kier alpha value is -2.68. The van der Waals surface area contributed by atoms with Crippen LogP contribution in [0, 0.1) is 17.1 Å². The second-order valence-corrected chi connectivity index (χ2v) is 8.60. The Morgan fingerprint density at radius 3 is 2.53 bits per heavy atom. The number of aromatic nitrogens is 1. The Labute approximate surface area is 181 Å². The molecular weight excluding hydrogens is 399 g/mol. The molecule has 1 saturated carbocycles. The van der Waals surface area contributed by atoms with Crippen molar-refractivity contribution in [3.8, 4) is 17.2 Å². The van der Waals surface area contributed by atoms with Gasteiger partial charge < -0.3 is 10.2 Å². The summed E-state index contributed by atoms with van der Waals surface area (Å²) in [4.78, 5) is 6.73. The Kier molecular flexibility index (Phi) is 5.90. The van der Waals surface area contributed by atoms with Crippen LogP contribution in [0.1, 0.15) is 31.2 Å². The number of fused-ring (bicyclic) bond motifs is 1. The number of nitriles is 1. The lowest BCUT2D eigenvalue weighted by molar-refractivity contribution is 0.221. The van der Waals surface area contributed by atoms with Gasteiger partial charge >= 0.3 is 0 Å². The first kappa shape index (κ1) is 20.6. The predicted molar refractivity (Wildman–Crippen MR) is 120 cm³/mol. The van der Waals surface area contributed by atoms with Crippen molar-refractivity contribution in [1.82, 2.24) is 9.88 Å². The normalized spacial score (nSPS) is 19.1. The summed E-state index contributed by atoms with van der Waals surface area (Å²) in [6.07, 6.45) is 5.98. The SMILES string of the molecule is CN(C)C1CCC(Nc2c(C#N)cnc3ccc(-c4cc(F)cc(Cl)c4)cc23)CC1. The van der Waals surface area contributed by atoms with Gasteiger partial charge in [-0.2, -0.15) is 5.26 Å². The van der Waals surface area contributed by atoms with Gasteiger partial charge in [0.2, 0.25) is 0 Å². The van der Waals surface area contributed by atoms with E-state index in [1.807, 2.05) is 18.2 Å². The highest BCUT2D eigenvalue weighted by atomic mass is 35.5. The fourth-order valence-corrected chi connectivity index (χ4v) is 4.50. The predicted octanol–water partition coefficient (Wildman–Crippen LogP) is 5.85. The van der Waals surface area contributed by atoms with Crippen molar-refractivity contribution in [3.63, 3.8) is 0 Å². The zero-order valence-corrected chi connectivity index (χ0v) is 17.9. The van der Waals surface area contributed by atoms with Crippen LogP contribution in [0.3, 0.4) is 0 Å². The summed E-state index contributed by atoms with van der Waals surface area (Å²) < 4.78 is 13.9. The van der Waals surface area contributed by atoms with E-state index in [9.17, 15) is 9.65 Å². The molecule has 0 spiro atoms. The summed E-state index contributed by atoms with van der Waals surface area (Å²) in [5.74, 6) is -0.377. The van der Waals surface area contributed by atoms with Crippen molar-refractivity contribution in [1.29, 1.82) is 5.26 Å². The van der Waals surface area contributed by atoms with Crippen LogP contribution in [-0.4, -0.2) is 36.1 Å². The highest BCUT2D eigenvalue weighted by molar-refractivity contribution is 6.30. The molecule has 1 N–H and O–H groups in total. The van der Waals surface area contributed by atoms with Gasteiger partial charge in [0, 0.05) is 28.7 Å². The lowest BCUT2D eigenvalue weighted by atomic mass is 9.90. The van der Waals surface area contributed by atoms with E-state index in [2.05, 4.69) is 35.4 Å². The Balaban J connectivity index is 1.71. The maximum Gasteiger partial charge on any atom is 0.125 e. The van der Waals surface area contributed by atoms with Crippen LogP contribution >= 0.6 is 11.6 Å². The van der Waals surface area contributed by atoms with E-state index >= 15 is 0 Å². The van der Waals surface area contributed by atoms with Gasteiger partial charge in [-0.15, -0.1) is 0 Å². The molecule has 0 bridgehead atoms. The van der Waals surface area contributed by atoms with Gasteiger partial charge in [0.1, 0.15) is 11.9 Å². The second kappa shape index (κ2) is 8.59. The van der Waals surface area contributed by atoms with Gasteiger partial charge in [0.05, 0.1) is 16.8 Å². The molecule has 0 saturated heterocycles. The zero-order chi connectivity index (χ0) is 21.3. The number of hydrogen-bond donors (Lipinski definition) is 1. The first-order chi connectivity index (χ1) is 14.4. The highest BCUT2D eigenvalue weighted by Gasteiger charge is 2.23. The summed E-state index contributed by atoms with van der Waals surface area (Å²) in [5.41, 5.74) is 3.65. The smallest absolute Gasteiger partial charge is 0.125 e. The minimum atomic E-state index is -0.377. The molecule has 1 aliphatic carbocycles. The van der Waals surface area contributed by atoms with E-state index < -0.39 is 0 Å². The number of pyridine rings is 1. The van der Waals surface area contributed by atoms with Gasteiger partial charge in [-0.25, -0.2) is 4.39 Å². The van der Waals surface area contributed by atoms with E-state index in [0.717, 1.165) is 47.8 Å². The molecule has 2 aromatic carbocycles. The molecule has 0 unspecified atom stereocenters. The quantitative estimate of drug-likeness (QED) is 0.572. The molecule has 0 radical (unpaired) electrons. The number of nitrogens with zero attached hydrogens (tertiary/aromatic N) is 3. The van der Waals surface area contributed by atoms with Crippen molar-refractivity contribution >= 4 is 28.2 Å². The van der Waals surface area contributed by atoms with Crippen LogP contribution in [0.2, 0.25) is 5.02 Å². The Bertz CT molecular complexity index is 1090. The molecule has 1 heterocycles. The van der Waals surface area contributed by atoms with E-state index in [0.29, 0.717) is 28.2 Å². The minimum Gasteiger partial charge on any atom is -0.381 e. The minimum absolute atomic E-state index is 0.311. The molecule has 0 amide bonds. The number of halogens is 2. The summed E-state index contributed by atoms with van der Waals surface area (Å²) in [6, 6.07) is 13.4. The average molecular weight is 423 g/mol. The largest absolute Gasteiger partial charge is 0.381 e. The number of anilines is 1. The molecule has 4 nitrogen and oxygen atoms in total. The zero-order valence-electron chi connectivity index (χ0n) is 17.1. The fourth-order valence-electron chi connectivity index (χ4n) is 4.27. The van der Waals surface area contributed by atoms with E-state index in [4.69, 9.17) is 11.6 Å². The number of benzene rings is 2. The summed E-state index contributed by atoms with van der Waals surface area (Å²) in [6.45, 7) is 0. The molecule has 6 heteroatoms. The molecule has 3 aromatic rings. The fraction of sp³-hybridized carbons (Fsp3) is 0.333. The van der Waals surface area contributed by atoms with Crippen LogP contribution in [0.4, 0.5) is 10.1 Å². The molecule has 0 aliphatic heterocycles. The second-order valence-electron chi connectivity index (χ2n) is 8.16. The molecule has 4 rings (SSSR count). The van der Waals surface area contributed by atoms with Crippen LogP contribution in [-0.2, 0) is 0 Å². The first-order valence-corrected chi connectivity index (χ1v) is 10.5. The lowest BCUT2D eigenvalue weighted by Gasteiger charge is -2.33. The molecule has 0 atom stereocenters. The maximum absolute atomic E-state index is 13.9. The van der Waals surface area contributed by atoms with Crippen LogP contribution in [0.25, 0.3) is 22.0 Å². The van der Waals surface area contributed by atoms with Gasteiger partial charge in [0.25, 0.3) is 0 Å². The van der Waals surface area contributed by atoms with Gasteiger partial charge in [-0.1, -0.05) is 17.7 Å². The van der Waals surface area contributed by atoms with Crippen molar-refractivity contribution in [2.24, 2.45) is 0 Å².